The van der Waals surface area contributed by atoms with Crippen LogP contribution in [-0.4, -0.2) is 44.6 Å². The van der Waals surface area contributed by atoms with E-state index in [-0.39, 0.29) is 23.1 Å². The minimum atomic E-state index is -3.62. The number of hydrogen-bond donors (Lipinski definition) is 0. The summed E-state index contributed by atoms with van der Waals surface area (Å²) in [5.41, 5.74) is 1.09. The molecule has 0 amide bonds. The number of fused-ring (bicyclic) bond motifs is 3. The molecule has 27 heavy (non-hydrogen) atoms. The molecule has 2 bridgehead atoms. The molecule has 2 aliphatic heterocycles. The summed E-state index contributed by atoms with van der Waals surface area (Å²) in [6, 6.07) is 10.6. The molecule has 2 atom stereocenters. The lowest BCUT2D eigenvalue weighted by atomic mass is 10.0. The van der Waals surface area contributed by atoms with Crippen LogP contribution in [0.25, 0.3) is 11.0 Å². The number of rotatable bonds is 4. The second-order valence-electron chi connectivity index (χ2n) is 6.99. The Kier molecular flexibility index (Phi) is 4.10. The molecule has 5 rings (SSSR count). The van der Waals surface area contributed by atoms with Gasteiger partial charge < -0.3 is 4.74 Å². The molecule has 9 heteroatoms. The van der Waals surface area contributed by atoms with Gasteiger partial charge in [0.15, 0.2) is 0 Å². The summed E-state index contributed by atoms with van der Waals surface area (Å²) < 4.78 is 43.0. The number of sulfonamides is 1. The number of nitrogens with zero attached hydrogens (tertiary/aromatic N) is 4. The van der Waals surface area contributed by atoms with E-state index in [0.29, 0.717) is 29.8 Å². The molecular weight excluding hydrogens is 384 g/mol. The van der Waals surface area contributed by atoms with Gasteiger partial charge in [-0.3, -0.25) is 0 Å². The van der Waals surface area contributed by atoms with Crippen molar-refractivity contribution in [1.29, 1.82) is 0 Å². The quantitative estimate of drug-likeness (QED) is 0.667. The molecule has 2 saturated heterocycles. The van der Waals surface area contributed by atoms with E-state index in [1.54, 1.807) is 28.7 Å². The summed E-state index contributed by atoms with van der Waals surface area (Å²) in [4.78, 5) is 4.48. The van der Waals surface area contributed by atoms with E-state index in [4.69, 9.17) is 4.74 Å². The first-order valence-electron chi connectivity index (χ1n) is 8.95. The van der Waals surface area contributed by atoms with Crippen LogP contribution in [0.5, 0.6) is 5.88 Å². The number of piperidine rings is 1. The highest BCUT2D eigenvalue weighted by Crippen LogP contribution is 2.41. The van der Waals surface area contributed by atoms with Crippen LogP contribution in [0.3, 0.4) is 0 Å². The second-order valence-corrected chi connectivity index (χ2v) is 9.33. The minimum Gasteiger partial charge on any atom is -0.474 e. The zero-order valence-corrected chi connectivity index (χ0v) is 16.1. The van der Waals surface area contributed by atoms with E-state index in [0.717, 1.165) is 24.6 Å². The molecule has 0 N–H and O–H groups in total. The van der Waals surface area contributed by atoms with Gasteiger partial charge in [-0.15, -0.1) is 0 Å². The predicted molar refractivity (Wildman–Crippen MR) is 101 cm³/mol. The van der Waals surface area contributed by atoms with E-state index >= 15 is 0 Å². The molecule has 0 spiro atoms. The summed E-state index contributed by atoms with van der Waals surface area (Å²) in [6.07, 6.45) is 4.76. The van der Waals surface area contributed by atoms with Gasteiger partial charge in [-0.25, -0.2) is 13.4 Å². The van der Waals surface area contributed by atoms with Gasteiger partial charge in [-0.05, 0) is 31.0 Å². The second kappa shape index (κ2) is 6.50. The highest BCUT2D eigenvalue weighted by molar-refractivity contribution is 7.89. The number of hydrogen-bond acceptors (Lipinski definition) is 7. The maximum atomic E-state index is 13.4. The Hall–Kier alpha value is -2.10. The fourth-order valence-electron chi connectivity index (χ4n) is 4.26. The van der Waals surface area contributed by atoms with Crippen LogP contribution in [0.4, 0.5) is 0 Å². The molecule has 0 aliphatic carbocycles. The lowest BCUT2D eigenvalue weighted by Crippen LogP contribution is -2.49. The third-order valence-electron chi connectivity index (χ3n) is 5.35. The predicted octanol–water partition coefficient (Wildman–Crippen LogP) is 2.85. The van der Waals surface area contributed by atoms with Gasteiger partial charge in [0.1, 0.15) is 22.0 Å². The average Bonchev–Trinajstić information content (AvgIpc) is 3.25. The fourth-order valence-corrected chi connectivity index (χ4v) is 6.91. The first kappa shape index (κ1) is 17.0. The van der Waals surface area contributed by atoms with Crippen molar-refractivity contribution in [3.63, 3.8) is 0 Å². The molecular formula is C18H18N4O3S2. The van der Waals surface area contributed by atoms with Crippen molar-refractivity contribution in [2.24, 2.45) is 0 Å². The molecule has 2 aromatic heterocycles. The molecule has 2 aliphatic rings. The maximum Gasteiger partial charge on any atom is 0.245 e. The first-order valence-corrected chi connectivity index (χ1v) is 11.1. The number of ether oxygens (including phenoxy) is 1. The number of benzene rings is 1. The minimum absolute atomic E-state index is 0.0134. The van der Waals surface area contributed by atoms with E-state index in [9.17, 15) is 8.42 Å². The zero-order valence-electron chi connectivity index (χ0n) is 14.4. The van der Waals surface area contributed by atoms with Crippen molar-refractivity contribution in [3.8, 4) is 5.88 Å². The molecule has 140 valence electrons. The van der Waals surface area contributed by atoms with Crippen molar-refractivity contribution < 1.29 is 13.2 Å². The summed E-state index contributed by atoms with van der Waals surface area (Å²) in [7, 11) is -3.62. The summed E-state index contributed by atoms with van der Waals surface area (Å²) in [5.74, 6) is 0.594. The molecule has 0 saturated carbocycles. The van der Waals surface area contributed by atoms with Crippen molar-refractivity contribution in [2.45, 2.75) is 48.8 Å². The zero-order chi connectivity index (χ0) is 18.4. The number of aromatic nitrogens is 3. The SMILES string of the molecule is O=S(=O)(c1cccc2nsnc12)N1C2CCC1CC(Oc1ccccn1)C2. The molecule has 7 nitrogen and oxygen atoms in total. The van der Waals surface area contributed by atoms with Gasteiger partial charge in [0.25, 0.3) is 0 Å². The van der Waals surface area contributed by atoms with Crippen molar-refractivity contribution >= 4 is 32.8 Å². The van der Waals surface area contributed by atoms with E-state index < -0.39 is 10.0 Å². The first-order chi connectivity index (χ1) is 13.1. The Morgan fingerprint density at radius 2 is 1.85 bits per heavy atom. The average molecular weight is 403 g/mol. The lowest BCUT2D eigenvalue weighted by Gasteiger charge is -2.37. The van der Waals surface area contributed by atoms with Gasteiger partial charge in [0, 0.05) is 37.2 Å². The standard InChI is InChI=1S/C18H18N4O3S2/c23-27(24,16-5-3-4-15-18(16)21-26-20-15)22-12-7-8-13(22)11-14(10-12)25-17-6-1-2-9-19-17/h1-6,9,12-14H,7-8,10-11H2. The normalized spacial score (nSPS) is 25.7. The molecule has 0 radical (unpaired) electrons. The Labute approximate surface area is 161 Å². The summed E-state index contributed by atoms with van der Waals surface area (Å²) >= 11 is 1.04. The van der Waals surface area contributed by atoms with Crippen LogP contribution in [0.1, 0.15) is 25.7 Å². The Balaban J connectivity index is 1.43. The molecule has 4 heterocycles. The van der Waals surface area contributed by atoms with Gasteiger partial charge >= 0.3 is 0 Å². The number of pyridine rings is 1. The summed E-state index contributed by atoms with van der Waals surface area (Å²) in [5, 5.41) is 0. The lowest BCUT2D eigenvalue weighted by molar-refractivity contribution is 0.0919. The Morgan fingerprint density at radius 1 is 1.04 bits per heavy atom. The van der Waals surface area contributed by atoms with Crippen LogP contribution in [0.2, 0.25) is 0 Å². The Morgan fingerprint density at radius 3 is 2.59 bits per heavy atom. The topological polar surface area (TPSA) is 85.3 Å². The highest BCUT2D eigenvalue weighted by Gasteiger charge is 2.48. The van der Waals surface area contributed by atoms with Crippen LogP contribution >= 0.6 is 11.7 Å². The van der Waals surface area contributed by atoms with Crippen LogP contribution in [0.15, 0.2) is 47.5 Å². The van der Waals surface area contributed by atoms with Gasteiger partial charge in [-0.1, -0.05) is 12.1 Å². The third kappa shape index (κ3) is 2.90. The van der Waals surface area contributed by atoms with E-state index in [1.807, 2.05) is 18.2 Å². The highest BCUT2D eigenvalue weighted by atomic mass is 32.2. The molecule has 1 aromatic carbocycles. The molecule has 3 aromatic rings. The van der Waals surface area contributed by atoms with Gasteiger partial charge in [0.2, 0.25) is 15.9 Å². The van der Waals surface area contributed by atoms with Crippen molar-refractivity contribution in [1.82, 2.24) is 18.0 Å². The smallest absolute Gasteiger partial charge is 0.245 e. The fraction of sp³-hybridized carbons (Fsp3) is 0.389. The van der Waals surface area contributed by atoms with Crippen molar-refractivity contribution in [2.75, 3.05) is 0 Å². The van der Waals surface area contributed by atoms with Crippen LogP contribution in [0, 0.1) is 0 Å². The van der Waals surface area contributed by atoms with E-state index in [1.165, 1.54) is 0 Å². The van der Waals surface area contributed by atoms with Gasteiger partial charge in [-0.2, -0.15) is 13.1 Å². The van der Waals surface area contributed by atoms with Crippen LogP contribution < -0.4 is 4.74 Å². The molecule has 2 unspecified atom stereocenters. The third-order valence-corrected chi connectivity index (χ3v) is 7.93. The molecule has 2 fully saturated rings. The van der Waals surface area contributed by atoms with Gasteiger partial charge in [0.05, 0.1) is 11.7 Å². The summed E-state index contributed by atoms with van der Waals surface area (Å²) in [6.45, 7) is 0. The largest absolute Gasteiger partial charge is 0.474 e. The Bertz CT molecular complexity index is 1060. The maximum absolute atomic E-state index is 13.4. The monoisotopic (exact) mass is 402 g/mol. The van der Waals surface area contributed by atoms with Crippen LogP contribution in [-0.2, 0) is 10.0 Å². The van der Waals surface area contributed by atoms with Crippen molar-refractivity contribution in [3.05, 3.63) is 42.6 Å². The van der Waals surface area contributed by atoms with E-state index in [2.05, 4.69) is 13.7 Å².